The van der Waals surface area contributed by atoms with E-state index < -0.39 is 0 Å². The lowest BCUT2D eigenvalue weighted by Crippen LogP contribution is -2.29. The number of benzene rings is 1. The van der Waals surface area contributed by atoms with Crippen LogP contribution in [-0.2, 0) is 6.42 Å². The van der Waals surface area contributed by atoms with Crippen LogP contribution in [0.15, 0.2) is 28.8 Å². The highest BCUT2D eigenvalue weighted by Gasteiger charge is 2.31. The van der Waals surface area contributed by atoms with Crippen molar-refractivity contribution in [1.29, 1.82) is 0 Å². The Morgan fingerprint density at radius 2 is 2.24 bits per heavy atom. The van der Waals surface area contributed by atoms with Gasteiger partial charge in [0.1, 0.15) is 0 Å². The molecule has 0 aliphatic carbocycles. The lowest BCUT2D eigenvalue weighted by molar-refractivity contribution is 0.0788. The van der Waals surface area contributed by atoms with Gasteiger partial charge in [-0.1, -0.05) is 30.3 Å². The van der Waals surface area contributed by atoms with Crippen molar-refractivity contribution < 1.29 is 9.32 Å². The van der Waals surface area contributed by atoms with Crippen molar-refractivity contribution in [3.63, 3.8) is 0 Å². The van der Waals surface area contributed by atoms with Gasteiger partial charge in [-0.2, -0.15) is 4.98 Å². The third-order valence-corrected chi connectivity index (χ3v) is 4.00. The van der Waals surface area contributed by atoms with E-state index in [0.29, 0.717) is 18.3 Å². The molecule has 2 heterocycles. The molecule has 110 valence electrons. The van der Waals surface area contributed by atoms with Gasteiger partial charge in [0.2, 0.25) is 5.89 Å². The number of aromatic nitrogens is 2. The summed E-state index contributed by atoms with van der Waals surface area (Å²) in [7, 11) is 0. The van der Waals surface area contributed by atoms with Crippen LogP contribution in [0.2, 0.25) is 0 Å². The fourth-order valence-corrected chi connectivity index (χ4v) is 2.83. The molecule has 1 aromatic carbocycles. The van der Waals surface area contributed by atoms with E-state index in [2.05, 4.69) is 17.1 Å². The Balaban J connectivity index is 1.75. The van der Waals surface area contributed by atoms with Gasteiger partial charge in [0.15, 0.2) is 5.82 Å². The molecule has 0 spiro atoms. The second-order valence-corrected chi connectivity index (χ2v) is 5.43. The van der Waals surface area contributed by atoms with E-state index in [9.17, 15) is 4.79 Å². The molecule has 1 fully saturated rings. The zero-order chi connectivity index (χ0) is 14.8. The predicted octanol–water partition coefficient (Wildman–Crippen LogP) is 2.57. The Labute approximate surface area is 124 Å². The summed E-state index contributed by atoms with van der Waals surface area (Å²) in [6.07, 6.45) is 1.74. The minimum absolute atomic E-state index is 0.103. The van der Waals surface area contributed by atoms with Crippen LogP contribution in [0.3, 0.4) is 0 Å². The van der Waals surface area contributed by atoms with Crippen LogP contribution in [0.5, 0.6) is 0 Å². The Kier molecular flexibility index (Phi) is 3.73. The number of hydrogen-bond donors (Lipinski definition) is 0. The van der Waals surface area contributed by atoms with Crippen molar-refractivity contribution in [1.82, 2.24) is 15.0 Å². The van der Waals surface area contributed by atoms with Gasteiger partial charge in [-0.3, -0.25) is 4.79 Å². The first-order valence-electron chi connectivity index (χ1n) is 7.36. The summed E-state index contributed by atoms with van der Waals surface area (Å²) in [6.45, 7) is 5.27. The molecule has 1 atom stereocenters. The van der Waals surface area contributed by atoms with Gasteiger partial charge < -0.3 is 9.42 Å². The van der Waals surface area contributed by atoms with E-state index >= 15 is 0 Å². The topological polar surface area (TPSA) is 59.2 Å². The average molecular weight is 285 g/mol. The highest BCUT2D eigenvalue weighted by molar-refractivity contribution is 5.95. The maximum Gasteiger partial charge on any atom is 0.254 e. The molecule has 1 amide bonds. The lowest BCUT2D eigenvalue weighted by Gasteiger charge is -2.17. The molecule has 0 bridgehead atoms. The quantitative estimate of drug-likeness (QED) is 0.869. The largest absolute Gasteiger partial charge is 0.339 e. The van der Waals surface area contributed by atoms with Crippen LogP contribution < -0.4 is 0 Å². The summed E-state index contributed by atoms with van der Waals surface area (Å²) in [6, 6.07) is 7.82. The van der Waals surface area contributed by atoms with E-state index in [0.717, 1.165) is 30.5 Å². The molecule has 0 N–H and O–H groups in total. The summed E-state index contributed by atoms with van der Waals surface area (Å²) in [5.41, 5.74) is 1.90. The zero-order valence-corrected chi connectivity index (χ0v) is 12.4. The highest BCUT2D eigenvalue weighted by Crippen LogP contribution is 2.27. The number of hydrogen-bond acceptors (Lipinski definition) is 4. The van der Waals surface area contributed by atoms with E-state index in [1.165, 1.54) is 0 Å². The Morgan fingerprint density at radius 1 is 1.43 bits per heavy atom. The predicted molar refractivity (Wildman–Crippen MR) is 78.1 cm³/mol. The molecule has 21 heavy (non-hydrogen) atoms. The fraction of sp³-hybridized carbons (Fsp3) is 0.438. The molecular weight excluding hydrogens is 266 g/mol. The molecule has 1 aromatic heterocycles. The summed E-state index contributed by atoms with van der Waals surface area (Å²) < 4.78 is 5.23. The number of aryl methyl sites for hydroxylation is 2. The first-order chi connectivity index (χ1) is 10.2. The maximum absolute atomic E-state index is 12.7. The summed E-state index contributed by atoms with van der Waals surface area (Å²) in [5, 5.41) is 3.83. The molecule has 1 saturated heterocycles. The van der Waals surface area contributed by atoms with E-state index in [4.69, 9.17) is 4.52 Å². The standard InChI is InChI=1S/C16H19N3O2/c1-3-12-6-4-5-7-14(12)16(20)19-9-8-13(10-19)15-17-11(2)18-21-15/h4-7,13H,3,8-10H2,1-2H3/t13-/m0/s1. The SMILES string of the molecule is CCc1ccccc1C(=O)N1CC[C@H](c2nc(C)no2)C1. The Morgan fingerprint density at radius 3 is 2.95 bits per heavy atom. The van der Waals surface area contributed by atoms with E-state index in [1.807, 2.05) is 36.1 Å². The molecular formula is C16H19N3O2. The minimum Gasteiger partial charge on any atom is -0.339 e. The first kappa shape index (κ1) is 13.8. The van der Waals surface area contributed by atoms with Gasteiger partial charge in [-0.25, -0.2) is 0 Å². The third-order valence-electron chi connectivity index (χ3n) is 4.00. The number of nitrogens with zero attached hydrogens (tertiary/aromatic N) is 3. The van der Waals surface area contributed by atoms with Crippen LogP contribution in [0.1, 0.15) is 46.9 Å². The molecule has 0 unspecified atom stereocenters. The van der Waals surface area contributed by atoms with E-state index in [-0.39, 0.29) is 11.8 Å². The molecule has 0 radical (unpaired) electrons. The second-order valence-electron chi connectivity index (χ2n) is 5.43. The highest BCUT2D eigenvalue weighted by atomic mass is 16.5. The second kappa shape index (κ2) is 5.68. The van der Waals surface area contributed by atoms with Gasteiger partial charge >= 0.3 is 0 Å². The number of carbonyl (C=O) groups is 1. The van der Waals surface area contributed by atoms with Gasteiger partial charge in [-0.05, 0) is 31.4 Å². The normalized spacial score (nSPS) is 18.2. The average Bonchev–Trinajstić information content (AvgIpc) is 3.15. The van der Waals surface area contributed by atoms with Gasteiger partial charge in [0.25, 0.3) is 5.91 Å². The fourth-order valence-electron chi connectivity index (χ4n) is 2.83. The monoisotopic (exact) mass is 285 g/mol. The van der Waals surface area contributed by atoms with Gasteiger partial charge in [-0.15, -0.1) is 0 Å². The molecule has 3 rings (SSSR count). The van der Waals surface area contributed by atoms with Crippen molar-refractivity contribution in [2.45, 2.75) is 32.6 Å². The van der Waals surface area contributed by atoms with Crippen LogP contribution in [-0.4, -0.2) is 34.0 Å². The maximum atomic E-state index is 12.7. The third kappa shape index (κ3) is 2.68. The molecule has 1 aliphatic heterocycles. The van der Waals surface area contributed by atoms with Crippen molar-refractivity contribution >= 4 is 5.91 Å². The smallest absolute Gasteiger partial charge is 0.254 e. The number of amides is 1. The molecule has 1 aliphatic rings. The molecule has 5 nitrogen and oxygen atoms in total. The van der Waals surface area contributed by atoms with Gasteiger partial charge in [0, 0.05) is 18.7 Å². The summed E-state index contributed by atoms with van der Waals surface area (Å²) >= 11 is 0. The van der Waals surface area contributed by atoms with Crippen molar-refractivity contribution in [3.05, 3.63) is 47.1 Å². The first-order valence-corrected chi connectivity index (χ1v) is 7.36. The van der Waals surface area contributed by atoms with Crippen LogP contribution in [0.25, 0.3) is 0 Å². The molecule has 0 saturated carbocycles. The number of carbonyl (C=O) groups excluding carboxylic acids is 1. The Bertz CT molecular complexity index is 650. The zero-order valence-electron chi connectivity index (χ0n) is 12.4. The lowest BCUT2D eigenvalue weighted by atomic mass is 10.0. The van der Waals surface area contributed by atoms with Crippen molar-refractivity contribution in [2.75, 3.05) is 13.1 Å². The van der Waals surface area contributed by atoms with Gasteiger partial charge in [0.05, 0.1) is 5.92 Å². The van der Waals surface area contributed by atoms with Crippen LogP contribution >= 0.6 is 0 Å². The van der Waals surface area contributed by atoms with Crippen LogP contribution in [0.4, 0.5) is 0 Å². The number of rotatable bonds is 3. The minimum atomic E-state index is 0.103. The molecule has 2 aromatic rings. The van der Waals surface area contributed by atoms with Crippen molar-refractivity contribution in [2.24, 2.45) is 0 Å². The van der Waals surface area contributed by atoms with Crippen LogP contribution in [0, 0.1) is 6.92 Å². The Hall–Kier alpha value is -2.17. The van der Waals surface area contributed by atoms with Crippen molar-refractivity contribution in [3.8, 4) is 0 Å². The van der Waals surface area contributed by atoms with E-state index in [1.54, 1.807) is 0 Å². The molecule has 5 heteroatoms. The number of likely N-dealkylation sites (tertiary alicyclic amines) is 1. The summed E-state index contributed by atoms with van der Waals surface area (Å²) in [5.74, 6) is 1.55. The summed E-state index contributed by atoms with van der Waals surface area (Å²) in [4.78, 5) is 18.8.